The van der Waals surface area contributed by atoms with Crippen LogP contribution < -0.4 is 0 Å². The van der Waals surface area contributed by atoms with Gasteiger partial charge in [0, 0.05) is 12.6 Å². The van der Waals surface area contributed by atoms with Crippen LogP contribution in [-0.2, 0) is 6.54 Å². The molecule has 0 saturated heterocycles. The second kappa shape index (κ2) is 5.50. The second-order valence-electron chi connectivity index (χ2n) is 4.79. The lowest BCUT2D eigenvalue weighted by Crippen LogP contribution is -2.32. The van der Waals surface area contributed by atoms with Gasteiger partial charge in [0.25, 0.3) is 0 Å². The average Bonchev–Trinajstić information content (AvgIpc) is 2.84. The summed E-state index contributed by atoms with van der Waals surface area (Å²) in [6.45, 7) is 3.92. The quantitative estimate of drug-likeness (QED) is 0.868. The average molecular weight is 237 g/mol. The number of hydrogen-bond donors (Lipinski definition) is 1. The van der Waals surface area contributed by atoms with Crippen LogP contribution in [0.4, 0.5) is 4.39 Å². The predicted octanol–water partition coefficient (Wildman–Crippen LogP) is 3.30. The second-order valence-corrected chi connectivity index (χ2v) is 4.79. The van der Waals surface area contributed by atoms with E-state index in [2.05, 4.69) is 11.8 Å². The lowest BCUT2D eigenvalue weighted by atomic mass is 10.1. The minimum Gasteiger partial charge on any atom is -0.505 e. The number of benzene rings is 1. The molecule has 1 aliphatic carbocycles. The Kier molecular flexibility index (Phi) is 4.00. The number of phenols is 1. The fraction of sp³-hybridized carbons (Fsp3) is 0.571. The number of halogens is 1. The third-order valence-electron chi connectivity index (χ3n) is 3.65. The number of hydrogen-bond acceptors (Lipinski definition) is 2. The number of phenolic OH excluding ortho intramolecular Hbond substituents is 1. The minimum atomic E-state index is -0.523. The lowest BCUT2D eigenvalue weighted by Gasteiger charge is -2.27. The highest BCUT2D eigenvalue weighted by Gasteiger charge is 2.21. The Balaban J connectivity index is 2.04. The van der Waals surface area contributed by atoms with Crippen molar-refractivity contribution in [2.75, 3.05) is 6.54 Å². The summed E-state index contributed by atoms with van der Waals surface area (Å²) in [6.07, 6.45) is 5.14. The summed E-state index contributed by atoms with van der Waals surface area (Å²) in [5, 5.41) is 9.16. The van der Waals surface area contributed by atoms with Gasteiger partial charge in [-0.05, 0) is 37.1 Å². The molecule has 0 bridgehead atoms. The monoisotopic (exact) mass is 237 g/mol. The molecule has 3 heteroatoms. The third kappa shape index (κ3) is 2.97. The predicted molar refractivity (Wildman–Crippen MR) is 66.4 cm³/mol. The molecule has 0 radical (unpaired) electrons. The molecule has 2 nitrogen and oxygen atoms in total. The van der Waals surface area contributed by atoms with Gasteiger partial charge < -0.3 is 5.11 Å². The maximum Gasteiger partial charge on any atom is 0.165 e. The van der Waals surface area contributed by atoms with Crippen molar-refractivity contribution in [2.24, 2.45) is 0 Å². The zero-order valence-electron chi connectivity index (χ0n) is 10.3. The molecule has 0 spiro atoms. The molecule has 1 saturated carbocycles. The molecular weight excluding hydrogens is 217 g/mol. The van der Waals surface area contributed by atoms with E-state index in [1.54, 1.807) is 6.07 Å². The fourth-order valence-electron chi connectivity index (χ4n) is 2.65. The van der Waals surface area contributed by atoms with Gasteiger partial charge in [-0.3, -0.25) is 4.90 Å². The van der Waals surface area contributed by atoms with Gasteiger partial charge in [-0.15, -0.1) is 0 Å². The number of aromatic hydroxyl groups is 1. The van der Waals surface area contributed by atoms with Gasteiger partial charge in [-0.2, -0.15) is 0 Å². The molecule has 1 aliphatic rings. The van der Waals surface area contributed by atoms with E-state index < -0.39 is 5.82 Å². The van der Waals surface area contributed by atoms with E-state index in [0.29, 0.717) is 6.04 Å². The van der Waals surface area contributed by atoms with Crippen LogP contribution >= 0.6 is 0 Å². The van der Waals surface area contributed by atoms with E-state index in [1.165, 1.54) is 37.8 Å². The Morgan fingerprint density at radius 2 is 2.06 bits per heavy atom. The van der Waals surface area contributed by atoms with Gasteiger partial charge in [-0.25, -0.2) is 4.39 Å². The molecule has 2 rings (SSSR count). The Bertz CT molecular complexity index is 374. The highest BCUT2D eigenvalue weighted by Crippen LogP contribution is 2.25. The van der Waals surface area contributed by atoms with Crippen molar-refractivity contribution in [2.45, 2.75) is 45.2 Å². The highest BCUT2D eigenvalue weighted by molar-refractivity contribution is 5.28. The van der Waals surface area contributed by atoms with Crippen molar-refractivity contribution >= 4 is 0 Å². The van der Waals surface area contributed by atoms with Gasteiger partial charge >= 0.3 is 0 Å². The van der Waals surface area contributed by atoms with Gasteiger partial charge in [0.05, 0.1) is 0 Å². The van der Waals surface area contributed by atoms with E-state index in [1.807, 2.05) is 0 Å². The summed E-state index contributed by atoms with van der Waals surface area (Å²) < 4.78 is 13.2. The maximum absolute atomic E-state index is 13.2. The first-order chi connectivity index (χ1) is 8.20. The number of nitrogens with zero attached hydrogens (tertiary/aromatic N) is 1. The smallest absolute Gasteiger partial charge is 0.165 e. The lowest BCUT2D eigenvalue weighted by molar-refractivity contribution is 0.200. The van der Waals surface area contributed by atoms with Crippen LogP contribution in [0.1, 0.15) is 38.2 Å². The molecule has 1 N–H and O–H groups in total. The highest BCUT2D eigenvalue weighted by atomic mass is 19.1. The normalized spacial score (nSPS) is 16.9. The van der Waals surface area contributed by atoms with E-state index in [0.717, 1.165) is 18.7 Å². The van der Waals surface area contributed by atoms with E-state index in [-0.39, 0.29) is 5.75 Å². The summed E-state index contributed by atoms with van der Waals surface area (Å²) in [6, 6.07) is 5.33. The maximum atomic E-state index is 13.2. The molecule has 0 unspecified atom stereocenters. The van der Waals surface area contributed by atoms with Crippen LogP contribution in [0.25, 0.3) is 0 Å². The number of rotatable bonds is 4. The molecule has 0 aliphatic heterocycles. The standard InChI is InChI=1S/C14H20FNO/c1-2-16(12-5-3-4-6-12)10-11-7-8-14(17)13(15)9-11/h7-9,12,17H,2-6,10H2,1H3. The summed E-state index contributed by atoms with van der Waals surface area (Å²) >= 11 is 0. The van der Waals surface area contributed by atoms with Crippen molar-refractivity contribution in [1.82, 2.24) is 4.90 Å². The van der Waals surface area contributed by atoms with Crippen LogP contribution in [-0.4, -0.2) is 22.6 Å². The first kappa shape index (κ1) is 12.4. The molecule has 0 amide bonds. The van der Waals surface area contributed by atoms with Crippen LogP contribution in [0.15, 0.2) is 18.2 Å². The third-order valence-corrected chi connectivity index (χ3v) is 3.65. The topological polar surface area (TPSA) is 23.5 Å². The van der Waals surface area contributed by atoms with Crippen molar-refractivity contribution < 1.29 is 9.50 Å². The molecule has 17 heavy (non-hydrogen) atoms. The fourth-order valence-corrected chi connectivity index (χ4v) is 2.65. The van der Waals surface area contributed by atoms with Gasteiger partial charge in [-0.1, -0.05) is 25.8 Å². The van der Waals surface area contributed by atoms with Gasteiger partial charge in [0.2, 0.25) is 0 Å². The molecular formula is C14H20FNO. The Hall–Kier alpha value is -1.09. The van der Waals surface area contributed by atoms with Crippen molar-refractivity contribution in [3.05, 3.63) is 29.6 Å². The van der Waals surface area contributed by atoms with Crippen molar-refractivity contribution in [1.29, 1.82) is 0 Å². The summed E-state index contributed by atoms with van der Waals surface area (Å²) in [5.41, 5.74) is 0.939. The SMILES string of the molecule is CCN(Cc1ccc(O)c(F)c1)C1CCCC1. The summed E-state index contributed by atoms with van der Waals surface area (Å²) in [4.78, 5) is 2.40. The van der Waals surface area contributed by atoms with Gasteiger partial charge in [0.1, 0.15) is 0 Å². The van der Waals surface area contributed by atoms with Crippen LogP contribution in [0.3, 0.4) is 0 Å². The van der Waals surface area contributed by atoms with E-state index in [9.17, 15) is 4.39 Å². The molecule has 0 heterocycles. The zero-order valence-corrected chi connectivity index (χ0v) is 10.3. The summed E-state index contributed by atoms with van der Waals surface area (Å²) in [5.74, 6) is -0.789. The van der Waals surface area contributed by atoms with E-state index in [4.69, 9.17) is 5.11 Å². The first-order valence-electron chi connectivity index (χ1n) is 6.42. The zero-order chi connectivity index (χ0) is 12.3. The molecule has 94 valence electrons. The molecule has 1 fully saturated rings. The molecule has 0 atom stereocenters. The Labute approximate surface area is 102 Å². The van der Waals surface area contributed by atoms with Crippen LogP contribution in [0.2, 0.25) is 0 Å². The first-order valence-corrected chi connectivity index (χ1v) is 6.42. The van der Waals surface area contributed by atoms with Crippen LogP contribution in [0, 0.1) is 5.82 Å². The molecule has 0 aromatic heterocycles. The largest absolute Gasteiger partial charge is 0.505 e. The summed E-state index contributed by atoms with van der Waals surface area (Å²) in [7, 11) is 0. The van der Waals surface area contributed by atoms with Crippen LogP contribution in [0.5, 0.6) is 5.75 Å². The molecule has 1 aromatic rings. The van der Waals surface area contributed by atoms with Gasteiger partial charge in [0.15, 0.2) is 11.6 Å². The Morgan fingerprint density at radius 3 is 2.65 bits per heavy atom. The Morgan fingerprint density at radius 1 is 1.35 bits per heavy atom. The minimum absolute atomic E-state index is 0.266. The van der Waals surface area contributed by atoms with Crippen molar-refractivity contribution in [3.63, 3.8) is 0 Å². The molecule has 1 aromatic carbocycles. The van der Waals surface area contributed by atoms with E-state index >= 15 is 0 Å². The van der Waals surface area contributed by atoms with Crippen molar-refractivity contribution in [3.8, 4) is 5.75 Å².